The molecule has 0 spiro atoms. The van der Waals surface area contributed by atoms with Gasteiger partial charge in [-0.05, 0) is 18.9 Å². The molecule has 0 aliphatic carbocycles. The van der Waals surface area contributed by atoms with Crippen molar-refractivity contribution in [3.63, 3.8) is 0 Å². The maximum atomic E-state index is 12.5. The van der Waals surface area contributed by atoms with E-state index in [9.17, 15) is 4.21 Å². The lowest BCUT2D eigenvalue weighted by atomic mass is 9.96. The number of rotatable bonds is 3. The standard InChI is InChI=1S/C19H20ClN7OS/c1-26-6-4-14(25-26)16-17-15(5-9-29(17)28)23-19(24-16)27-7-2-12(3-8-27)18-21-10-13(20)11-22-18/h4,6,10-12H,2-3,5,7-9H2,1H3/t29-/m0/s1. The van der Waals surface area contributed by atoms with Gasteiger partial charge in [-0.2, -0.15) is 5.10 Å². The van der Waals surface area contributed by atoms with Crippen molar-refractivity contribution in [1.29, 1.82) is 0 Å². The molecule has 5 rings (SSSR count). The fourth-order valence-electron chi connectivity index (χ4n) is 3.91. The van der Waals surface area contributed by atoms with Crippen molar-refractivity contribution in [2.24, 2.45) is 7.05 Å². The van der Waals surface area contributed by atoms with E-state index in [1.54, 1.807) is 17.1 Å². The van der Waals surface area contributed by atoms with Gasteiger partial charge in [0.1, 0.15) is 17.2 Å². The first-order valence-corrected chi connectivity index (χ1v) is 11.3. The molecule has 0 aromatic carbocycles. The third kappa shape index (κ3) is 3.53. The lowest BCUT2D eigenvalue weighted by Gasteiger charge is -2.31. The number of piperidine rings is 1. The van der Waals surface area contributed by atoms with Crippen molar-refractivity contribution >= 4 is 28.3 Å². The van der Waals surface area contributed by atoms with E-state index in [0.29, 0.717) is 34.8 Å². The van der Waals surface area contributed by atoms with Crippen molar-refractivity contribution < 1.29 is 4.21 Å². The first-order valence-electron chi connectivity index (χ1n) is 9.60. The molecule has 5 heterocycles. The first kappa shape index (κ1) is 18.6. The van der Waals surface area contributed by atoms with Crippen LogP contribution < -0.4 is 4.90 Å². The highest BCUT2D eigenvalue weighted by atomic mass is 35.5. The fraction of sp³-hybridized carbons (Fsp3) is 0.421. The highest BCUT2D eigenvalue weighted by Crippen LogP contribution is 2.34. The number of anilines is 1. The quantitative estimate of drug-likeness (QED) is 0.631. The summed E-state index contributed by atoms with van der Waals surface area (Å²) in [7, 11) is 0.801. The molecule has 1 saturated heterocycles. The van der Waals surface area contributed by atoms with Crippen LogP contribution in [0.15, 0.2) is 29.6 Å². The van der Waals surface area contributed by atoms with Gasteiger partial charge in [0, 0.05) is 56.8 Å². The average molecular weight is 430 g/mol. The predicted octanol–water partition coefficient (Wildman–Crippen LogP) is 2.37. The Kier molecular flexibility index (Phi) is 4.79. The smallest absolute Gasteiger partial charge is 0.226 e. The van der Waals surface area contributed by atoms with Crippen molar-refractivity contribution in [2.75, 3.05) is 23.7 Å². The molecule has 0 amide bonds. The number of halogens is 1. The molecule has 8 nitrogen and oxygen atoms in total. The third-order valence-electron chi connectivity index (χ3n) is 5.42. The van der Waals surface area contributed by atoms with Crippen LogP contribution >= 0.6 is 11.6 Å². The van der Waals surface area contributed by atoms with Gasteiger partial charge in [0.25, 0.3) is 0 Å². The maximum absolute atomic E-state index is 12.5. The minimum absolute atomic E-state index is 0.306. The van der Waals surface area contributed by atoms with Gasteiger partial charge in [-0.25, -0.2) is 19.9 Å². The Morgan fingerprint density at radius 1 is 1.17 bits per heavy atom. The van der Waals surface area contributed by atoms with Crippen LogP contribution in [-0.2, 0) is 24.3 Å². The van der Waals surface area contributed by atoms with Crippen molar-refractivity contribution in [3.8, 4) is 11.4 Å². The van der Waals surface area contributed by atoms with Gasteiger partial charge in [0.05, 0.1) is 26.4 Å². The molecule has 0 saturated carbocycles. The van der Waals surface area contributed by atoms with E-state index < -0.39 is 10.8 Å². The zero-order valence-corrected chi connectivity index (χ0v) is 17.5. The molecular weight excluding hydrogens is 410 g/mol. The molecular formula is C19H20ClN7OS. The second-order valence-electron chi connectivity index (χ2n) is 7.34. The number of hydrogen-bond acceptors (Lipinski definition) is 7. The van der Waals surface area contributed by atoms with Crippen LogP contribution in [0, 0.1) is 0 Å². The number of fused-ring (bicyclic) bond motifs is 1. The van der Waals surface area contributed by atoms with Gasteiger partial charge < -0.3 is 4.90 Å². The Bertz CT molecular complexity index is 1080. The minimum Gasteiger partial charge on any atom is -0.341 e. The van der Waals surface area contributed by atoms with Crippen LogP contribution in [0.2, 0.25) is 5.02 Å². The molecule has 3 aromatic rings. The Balaban J connectivity index is 1.42. The molecule has 0 bridgehead atoms. The van der Waals surface area contributed by atoms with Crippen molar-refractivity contribution in [2.45, 2.75) is 30.1 Å². The summed E-state index contributed by atoms with van der Waals surface area (Å²) in [6.45, 7) is 1.64. The van der Waals surface area contributed by atoms with Crippen molar-refractivity contribution in [1.82, 2.24) is 29.7 Å². The molecule has 3 aromatic heterocycles. The van der Waals surface area contributed by atoms with Crippen LogP contribution in [0.4, 0.5) is 5.95 Å². The summed E-state index contributed by atoms with van der Waals surface area (Å²) in [5.74, 6) is 2.44. The number of nitrogens with zero attached hydrogens (tertiary/aromatic N) is 7. The van der Waals surface area contributed by atoms with E-state index in [4.69, 9.17) is 21.6 Å². The second-order valence-corrected chi connectivity index (χ2v) is 9.29. The summed E-state index contributed by atoms with van der Waals surface area (Å²) in [6.07, 6.45) is 7.74. The highest BCUT2D eigenvalue weighted by Gasteiger charge is 2.30. The maximum Gasteiger partial charge on any atom is 0.226 e. The molecule has 10 heteroatoms. The summed E-state index contributed by atoms with van der Waals surface area (Å²) in [5.41, 5.74) is 2.33. The molecule has 1 atom stereocenters. The third-order valence-corrected chi connectivity index (χ3v) is 7.07. The number of hydrogen-bond donors (Lipinski definition) is 0. The van der Waals surface area contributed by atoms with E-state index in [1.165, 1.54) is 0 Å². The Hall–Kier alpha value is -2.39. The lowest BCUT2D eigenvalue weighted by molar-refractivity contribution is 0.480. The van der Waals surface area contributed by atoms with Gasteiger partial charge in [-0.15, -0.1) is 0 Å². The molecule has 150 valence electrons. The first-order chi connectivity index (χ1) is 14.1. The van der Waals surface area contributed by atoms with Crippen LogP contribution in [-0.4, -0.2) is 52.8 Å². The molecule has 0 unspecified atom stereocenters. The topological polar surface area (TPSA) is 89.7 Å². The Morgan fingerprint density at radius 3 is 2.62 bits per heavy atom. The Morgan fingerprint density at radius 2 is 1.93 bits per heavy atom. The molecule has 1 fully saturated rings. The normalized spacial score (nSPS) is 19.5. The number of aromatic nitrogens is 6. The summed E-state index contributed by atoms with van der Waals surface area (Å²) in [6, 6.07) is 1.91. The average Bonchev–Trinajstić information content (AvgIpc) is 3.34. The minimum atomic E-state index is -1.07. The van der Waals surface area contributed by atoms with E-state index in [0.717, 1.165) is 48.0 Å². The lowest BCUT2D eigenvalue weighted by Crippen LogP contribution is -2.35. The molecule has 0 radical (unpaired) electrons. The summed E-state index contributed by atoms with van der Waals surface area (Å²) < 4.78 is 14.3. The van der Waals surface area contributed by atoms with Gasteiger partial charge in [-0.1, -0.05) is 11.6 Å². The van der Waals surface area contributed by atoms with E-state index in [-0.39, 0.29) is 0 Å². The molecule has 2 aliphatic rings. The van der Waals surface area contributed by atoms with Gasteiger partial charge in [0.2, 0.25) is 5.95 Å². The Labute approximate surface area is 175 Å². The second kappa shape index (κ2) is 7.46. The van der Waals surface area contributed by atoms with Gasteiger partial charge in [-0.3, -0.25) is 8.89 Å². The number of aryl methyl sites for hydroxylation is 2. The van der Waals surface area contributed by atoms with Crippen LogP contribution in [0.5, 0.6) is 0 Å². The SMILES string of the molecule is Cn1ccc(-c2nc(N3CCC(c4ncc(Cl)cn4)CC3)nc3c2[S@@](=O)CC3)n1. The van der Waals surface area contributed by atoms with Crippen LogP contribution in [0.1, 0.15) is 30.3 Å². The van der Waals surface area contributed by atoms with Gasteiger partial charge in [0.15, 0.2) is 0 Å². The van der Waals surface area contributed by atoms with E-state index in [1.807, 2.05) is 19.3 Å². The zero-order chi connectivity index (χ0) is 20.0. The summed E-state index contributed by atoms with van der Waals surface area (Å²) in [5, 5.41) is 5.04. The predicted molar refractivity (Wildman–Crippen MR) is 110 cm³/mol. The van der Waals surface area contributed by atoms with E-state index >= 15 is 0 Å². The van der Waals surface area contributed by atoms with Crippen molar-refractivity contribution in [3.05, 3.63) is 41.2 Å². The summed E-state index contributed by atoms with van der Waals surface area (Å²) in [4.78, 5) is 21.3. The fourth-order valence-corrected chi connectivity index (χ4v) is 5.37. The molecule has 2 aliphatic heterocycles. The van der Waals surface area contributed by atoms with E-state index in [2.05, 4.69) is 20.0 Å². The largest absolute Gasteiger partial charge is 0.341 e. The van der Waals surface area contributed by atoms with Crippen LogP contribution in [0.25, 0.3) is 11.4 Å². The zero-order valence-electron chi connectivity index (χ0n) is 16.0. The molecule has 29 heavy (non-hydrogen) atoms. The highest BCUT2D eigenvalue weighted by molar-refractivity contribution is 7.85. The van der Waals surface area contributed by atoms with Gasteiger partial charge >= 0.3 is 0 Å². The summed E-state index contributed by atoms with van der Waals surface area (Å²) >= 11 is 5.90. The molecule has 0 N–H and O–H groups in total. The monoisotopic (exact) mass is 429 g/mol. The van der Waals surface area contributed by atoms with Crippen LogP contribution in [0.3, 0.4) is 0 Å².